The predicted octanol–water partition coefficient (Wildman–Crippen LogP) is 1.64. The molecule has 2 rings (SSSR count). The molecule has 0 bridgehead atoms. The van der Waals surface area contributed by atoms with Crippen LogP contribution in [0.25, 0.3) is 0 Å². The van der Waals surface area contributed by atoms with E-state index in [2.05, 4.69) is 17.0 Å². The van der Waals surface area contributed by atoms with Gasteiger partial charge in [0, 0.05) is 13.2 Å². The molecule has 1 saturated heterocycles. The van der Waals surface area contributed by atoms with Gasteiger partial charge in [0.2, 0.25) is 10.0 Å². The van der Waals surface area contributed by atoms with Gasteiger partial charge >= 0.3 is 0 Å². The first-order chi connectivity index (χ1) is 9.95. The average molecular weight is 312 g/mol. The van der Waals surface area contributed by atoms with Gasteiger partial charge in [0.05, 0.1) is 17.0 Å². The number of benzene rings is 1. The van der Waals surface area contributed by atoms with E-state index in [-0.39, 0.29) is 0 Å². The van der Waals surface area contributed by atoms with Crippen LogP contribution in [-0.2, 0) is 21.3 Å². The number of nitrogens with one attached hydrogen (secondary N) is 2. The van der Waals surface area contributed by atoms with Crippen LogP contribution in [0.15, 0.2) is 29.2 Å². The molecular formula is C15H24N2O3S. The van der Waals surface area contributed by atoms with E-state index >= 15 is 0 Å². The molecule has 0 saturated carbocycles. The van der Waals surface area contributed by atoms with Gasteiger partial charge in [-0.1, -0.05) is 19.1 Å². The maximum Gasteiger partial charge on any atom is 0.241 e. The topological polar surface area (TPSA) is 67.4 Å². The van der Waals surface area contributed by atoms with E-state index in [0.29, 0.717) is 31.1 Å². The van der Waals surface area contributed by atoms with Crippen LogP contribution in [0.3, 0.4) is 0 Å². The maximum atomic E-state index is 12.5. The molecule has 1 aromatic carbocycles. The molecule has 6 heteroatoms. The summed E-state index contributed by atoms with van der Waals surface area (Å²) in [6.07, 6.45) is 1.75. The summed E-state index contributed by atoms with van der Waals surface area (Å²) in [7, 11) is -3.51. The van der Waals surface area contributed by atoms with Crippen molar-refractivity contribution in [1.29, 1.82) is 0 Å². The van der Waals surface area contributed by atoms with Gasteiger partial charge in [-0.15, -0.1) is 0 Å². The molecule has 1 aliphatic rings. The Morgan fingerprint density at radius 2 is 2.19 bits per heavy atom. The Hall–Kier alpha value is -0.950. The Morgan fingerprint density at radius 3 is 2.86 bits per heavy atom. The van der Waals surface area contributed by atoms with Crippen LogP contribution in [0.2, 0.25) is 0 Å². The van der Waals surface area contributed by atoms with Gasteiger partial charge in [0.15, 0.2) is 0 Å². The van der Waals surface area contributed by atoms with Gasteiger partial charge in [-0.05, 0) is 44.0 Å². The number of sulfonamides is 1. The molecule has 0 spiro atoms. The molecule has 1 unspecified atom stereocenters. The third-order valence-corrected chi connectivity index (χ3v) is 5.20. The smallest absolute Gasteiger partial charge is 0.241 e. The van der Waals surface area contributed by atoms with E-state index in [0.717, 1.165) is 18.5 Å². The van der Waals surface area contributed by atoms with Crippen molar-refractivity contribution < 1.29 is 13.2 Å². The highest BCUT2D eigenvalue weighted by molar-refractivity contribution is 7.89. The third kappa shape index (κ3) is 4.51. The van der Waals surface area contributed by atoms with Crippen LogP contribution >= 0.6 is 0 Å². The van der Waals surface area contributed by atoms with Crippen LogP contribution in [0.5, 0.6) is 0 Å². The van der Waals surface area contributed by atoms with Gasteiger partial charge in [-0.3, -0.25) is 0 Å². The molecule has 1 aromatic rings. The second kappa shape index (κ2) is 6.87. The summed E-state index contributed by atoms with van der Waals surface area (Å²) in [5.41, 5.74) is 0.467. The van der Waals surface area contributed by atoms with E-state index < -0.39 is 15.6 Å². The largest absolute Gasteiger partial charge is 0.379 e. The van der Waals surface area contributed by atoms with Crippen LogP contribution in [-0.4, -0.2) is 33.7 Å². The molecular weight excluding hydrogens is 288 g/mol. The lowest BCUT2D eigenvalue weighted by atomic mass is 10.0. The van der Waals surface area contributed by atoms with Gasteiger partial charge in [0.1, 0.15) is 0 Å². The Labute approximate surface area is 127 Å². The number of ether oxygens (including phenoxy) is 1. The first kappa shape index (κ1) is 16.4. The summed E-state index contributed by atoms with van der Waals surface area (Å²) >= 11 is 0. The van der Waals surface area contributed by atoms with Crippen molar-refractivity contribution in [1.82, 2.24) is 10.0 Å². The quantitative estimate of drug-likeness (QED) is 0.751. The predicted molar refractivity (Wildman–Crippen MR) is 82.6 cm³/mol. The minimum absolute atomic E-state index is 0.312. The van der Waals surface area contributed by atoms with Crippen molar-refractivity contribution in [3.05, 3.63) is 29.8 Å². The molecule has 1 fully saturated rings. The highest BCUT2D eigenvalue weighted by Gasteiger charge is 2.34. The van der Waals surface area contributed by atoms with Gasteiger partial charge in [-0.25, -0.2) is 13.1 Å². The Kier molecular flexibility index (Phi) is 5.37. The summed E-state index contributed by atoms with van der Waals surface area (Å²) in [5, 5.41) is 3.28. The van der Waals surface area contributed by atoms with Gasteiger partial charge < -0.3 is 10.1 Å². The van der Waals surface area contributed by atoms with E-state index in [1.807, 2.05) is 13.0 Å². The van der Waals surface area contributed by atoms with Crippen molar-refractivity contribution >= 4 is 10.0 Å². The second-order valence-electron chi connectivity index (χ2n) is 5.79. The fourth-order valence-corrected chi connectivity index (χ4v) is 3.85. The summed E-state index contributed by atoms with van der Waals surface area (Å²) < 4.78 is 33.0. The standard InChI is InChI=1S/C15H24N2O3S/c1-3-8-16-11-13-5-4-6-14(10-13)21(18,19)17-15(2)7-9-20-12-15/h4-6,10,16-17H,3,7-9,11-12H2,1-2H3. The van der Waals surface area contributed by atoms with Crippen LogP contribution < -0.4 is 10.0 Å². The van der Waals surface area contributed by atoms with Crippen molar-refractivity contribution in [2.75, 3.05) is 19.8 Å². The molecule has 21 heavy (non-hydrogen) atoms. The zero-order chi connectivity index (χ0) is 15.3. The molecule has 118 valence electrons. The molecule has 2 N–H and O–H groups in total. The van der Waals surface area contributed by atoms with E-state index in [4.69, 9.17) is 4.74 Å². The normalized spacial score (nSPS) is 22.6. The first-order valence-electron chi connectivity index (χ1n) is 7.37. The Balaban J connectivity index is 2.10. The van der Waals surface area contributed by atoms with E-state index in [9.17, 15) is 8.42 Å². The monoisotopic (exact) mass is 312 g/mol. The van der Waals surface area contributed by atoms with Crippen LogP contribution in [0.4, 0.5) is 0 Å². The number of hydrogen-bond acceptors (Lipinski definition) is 4. The fraction of sp³-hybridized carbons (Fsp3) is 0.600. The zero-order valence-corrected chi connectivity index (χ0v) is 13.5. The fourth-order valence-electron chi connectivity index (χ4n) is 2.36. The number of rotatable bonds is 7. The Bertz CT molecular complexity index is 566. The molecule has 0 radical (unpaired) electrons. The highest BCUT2D eigenvalue weighted by Crippen LogP contribution is 2.21. The lowest BCUT2D eigenvalue weighted by molar-refractivity contribution is 0.178. The van der Waals surface area contributed by atoms with E-state index in [1.54, 1.807) is 18.2 Å². The summed E-state index contributed by atoms with van der Waals surface area (Å²) in [6, 6.07) is 7.07. The lowest BCUT2D eigenvalue weighted by Gasteiger charge is -2.23. The van der Waals surface area contributed by atoms with Crippen molar-refractivity contribution in [2.24, 2.45) is 0 Å². The molecule has 1 heterocycles. The minimum Gasteiger partial charge on any atom is -0.379 e. The van der Waals surface area contributed by atoms with Crippen molar-refractivity contribution in [2.45, 2.75) is 43.7 Å². The van der Waals surface area contributed by atoms with Crippen LogP contribution in [0, 0.1) is 0 Å². The minimum atomic E-state index is -3.51. The van der Waals surface area contributed by atoms with Gasteiger partial charge in [-0.2, -0.15) is 0 Å². The lowest BCUT2D eigenvalue weighted by Crippen LogP contribution is -2.46. The molecule has 0 aliphatic carbocycles. The average Bonchev–Trinajstić information content (AvgIpc) is 2.85. The van der Waals surface area contributed by atoms with Crippen LogP contribution in [0.1, 0.15) is 32.3 Å². The summed E-state index contributed by atoms with van der Waals surface area (Å²) in [4.78, 5) is 0.312. The van der Waals surface area contributed by atoms with Gasteiger partial charge in [0.25, 0.3) is 0 Å². The molecule has 1 aliphatic heterocycles. The molecule has 0 aromatic heterocycles. The van der Waals surface area contributed by atoms with Crippen molar-refractivity contribution in [3.8, 4) is 0 Å². The number of hydrogen-bond donors (Lipinski definition) is 2. The molecule has 0 amide bonds. The highest BCUT2D eigenvalue weighted by atomic mass is 32.2. The Morgan fingerprint density at radius 1 is 1.38 bits per heavy atom. The van der Waals surface area contributed by atoms with E-state index in [1.165, 1.54) is 0 Å². The summed E-state index contributed by atoms with van der Waals surface area (Å²) in [5.74, 6) is 0. The molecule has 1 atom stereocenters. The second-order valence-corrected chi connectivity index (χ2v) is 7.48. The third-order valence-electron chi connectivity index (χ3n) is 3.56. The summed E-state index contributed by atoms with van der Waals surface area (Å²) in [6.45, 7) is 6.60. The molecule has 5 nitrogen and oxygen atoms in total. The zero-order valence-electron chi connectivity index (χ0n) is 12.7. The van der Waals surface area contributed by atoms with Crippen molar-refractivity contribution in [3.63, 3.8) is 0 Å². The SMILES string of the molecule is CCCNCc1cccc(S(=O)(=O)NC2(C)CCOC2)c1. The maximum absolute atomic E-state index is 12.5. The first-order valence-corrected chi connectivity index (χ1v) is 8.85.